The molecule has 10 rings (SSSR count). The molecule has 5 aliphatic heterocycles. The fraction of sp³-hybridized carbons (Fsp3) is 0.500. The topological polar surface area (TPSA) is 604 Å². The quantitative estimate of drug-likeness (QED) is 0.0125. The van der Waals surface area contributed by atoms with E-state index in [4.69, 9.17) is 71.1 Å². The van der Waals surface area contributed by atoms with E-state index in [-0.39, 0.29) is 39.2 Å². The number of carboxylic acid groups (broad SMARTS) is 1. The summed E-state index contributed by atoms with van der Waals surface area (Å²) in [4.78, 5) is 49.7. The maximum atomic E-state index is 13.2. The number of hydrogen-bond acceptors (Lipinski definition) is 36. The van der Waals surface area contributed by atoms with Crippen molar-refractivity contribution in [2.75, 3.05) is 33.0 Å². The first-order valence-electron chi connectivity index (χ1n) is 30.5. The number of carboxylic acids is 1. The van der Waals surface area contributed by atoms with Crippen LogP contribution in [0.3, 0.4) is 0 Å². The SMILES string of the molecule is O=C(O)CC(=O)OCC1O[C@@H](Oc2cc3c(O)cc(O[C@@H]4OC(COC(=O)c5ccc(O[C@@H]6O[C@@H](CO)[C@@H](O)C(O)C6O)cc5)[C@@H](O)[C@H](O)C4O)cc3[o+]c2-c2ccc(O)c(O[C@@H]3OC(COC(=O)c4ccc(O[C@@H]5OC(CO)[C@@H](O)C(O)C5O)cc4)[C@@H](O)[C@H](O)C3O)c2)C(O)C(O)[C@@H]1O. The number of fused-ring (bicyclic) bond motifs is 1. The van der Waals surface area contributed by atoms with Crippen LogP contribution in [0.15, 0.2) is 89.3 Å². The van der Waals surface area contributed by atoms with Gasteiger partial charge in [-0.05, 0) is 60.7 Å². The highest BCUT2D eigenvalue weighted by Gasteiger charge is 2.51. The number of rotatable bonds is 23. The predicted molar refractivity (Wildman–Crippen MR) is 317 cm³/mol. The number of aromatic hydroxyl groups is 2. The lowest BCUT2D eigenvalue weighted by molar-refractivity contribution is -0.278. The summed E-state index contributed by atoms with van der Waals surface area (Å²) in [7, 11) is 0. The van der Waals surface area contributed by atoms with Crippen molar-refractivity contribution in [2.45, 2.75) is 160 Å². The maximum absolute atomic E-state index is 13.2. The van der Waals surface area contributed by atoms with Gasteiger partial charge in [-0.15, -0.1) is 0 Å². The Bertz CT molecular complexity index is 3630. The summed E-state index contributed by atoms with van der Waals surface area (Å²) in [6.45, 7) is -3.94. The van der Waals surface area contributed by atoms with Crippen LogP contribution in [0.25, 0.3) is 22.3 Å². The molecule has 5 aromatic rings. The van der Waals surface area contributed by atoms with Crippen LogP contribution in [0.5, 0.6) is 40.2 Å². The first-order valence-corrected chi connectivity index (χ1v) is 30.5. The molecule has 4 aromatic carbocycles. The molecule has 0 amide bonds. The molecular weight excluding hydrogens is 1350 g/mol. The summed E-state index contributed by atoms with van der Waals surface area (Å²) in [6, 6.07) is 16.1. The Morgan fingerprint density at radius 1 is 0.380 bits per heavy atom. The monoisotopic (exact) mass is 1420 g/mol. The van der Waals surface area contributed by atoms with E-state index < -0.39 is 251 Å². The van der Waals surface area contributed by atoms with Gasteiger partial charge >= 0.3 is 35.2 Å². The number of phenols is 2. The molecule has 0 bridgehead atoms. The van der Waals surface area contributed by atoms with E-state index in [1.807, 2.05) is 0 Å². The molecule has 5 saturated heterocycles. The van der Waals surface area contributed by atoms with Crippen molar-refractivity contribution in [1.82, 2.24) is 0 Å². The summed E-state index contributed by atoms with van der Waals surface area (Å²) in [5, 5.41) is 211. The van der Waals surface area contributed by atoms with Gasteiger partial charge in [-0.1, -0.05) is 0 Å². The molecule has 0 radical (unpaired) electrons. The third kappa shape index (κ3) is 16.4. The Morgan fingerprint density at radius 3 is 1.16 bits per heavy atom. The number of phenolic OH excluding ortho intramolecular Hbond substituents is 2. The van der Waals surface area contributed by atoms with Crippen molar-refractivity contribution in [2.24, 2.45) is 0 Å². The van der Waals surface area contributed by atoms with Gasteiger partial charge in [0.2, 0.25) is 37.2 Å². The van der Waals surface area contributed by atoms with Crippen LogP contribution >= 0.6 is 0 Å². The van der Waals surface area contributed by atoms with E-state index >= 15 is 0 Å². The fourth-order valence-electron chi connectivity index (χ4n) is 10.9. The van der Waals surface area contributed by atoms with Crippen LogP contribution in [-0.4, -0.2) is 313 Å². The average molecular weight is 1420 g/mol. The van der Waals surface area contributed by atoms with E-state index in [0.717, 1.165) is 36.4 Å². The number of aliphatic hydroxyl groups excluding tert-OH is 17. The zero-order valence-corrected chi connectivity index (χ0v) is 51.6. The van der Waals surface area contributed by atoms with Crippen LogP contribution < -0.4 is 23.7 Å². The first kappa shape index (κ1) is 74.6. The Balaban J connectivity index is 0.869. The Kier molecular flexibility index (Phi) is 23.7. The zero-order chi connectivity index (χ0) is 72.3. The lowest BCUT2D eigenvalue weighted by atomic mass is 9.99. The molecule has 25 atom stereocenters. The van der Waals surface area contributed by atoms with Gasteiger partial charge < -0.3 is 164 Å². The first-order chi connectivity index (χ1) is 47.5. The minimum absolute atomic E-state index is 0.00174. The number of carbonyl (C=O) groups is 4. The highest BCUT2D eigenvalue weighted by molar-refractivity contribution is 5.91. The van der Waals surface area contributed by atoms with Crippen molar-refractivity contribution >= 4 is 34.8 Å². The molecule has 6 heterocycles. The Labute approximate surface area is 561 Å². The van der Waals surface area contributed by atoms with Crippen molar-refractivity contribution in [3.63, 3.8) is 0 Å². The number of ether oxygens (including phenoxy) is 13. The van der Waals surface area contributed by atoms with E-state index in [1.54, 1.807) is 0 Å². The number of benzene rings is 4. The number of carbonyl (C=O) groups excluding carboxylic acids is 3. The predicted octanol–water partition coefficient (Wildman–Crippen LogP) is -6.56. The Hall–Kier alpha value is -8.11. The standard InChI is InChI=1S/C62H70O38/c63-16-33-40(70)45(75)50(80)58(96-33)90-24-6-1-21(2-7-24)56(85)88-19-36-43(73)47(77)52(82)60(98-36)92-26-12-29(66)27-14-32(95-62-54(84)48(78)42(72)35(99-62)18-87-39(69)15-38(67)68)55(93-30(27)13-26)23-5-10-28(65)31(11-23)94-61-53(83)49(79)44(74)37(100-61)20-89-57(86)22-3-8-25(9-4-22)91-59-51(81)46(76)41(71)34(17-64)97-59/h1-14,33-37,40-54,58-64,70-84H,15-20H2,(H2-,65,66,67,68)/p+1/t33-,34?,35?,36?,37?,40+,41+,42+,43+,44+,45?,46?,47-,48?,49-,50?,51?,52?,53?,54?,58+,59+,60+,61+,62+/m0/s1. The van der Waals surface area contributed by atoms with Crippen LogP contribution in [0.2, 0.25) is 0 Å². The van der Waals surface area contributed by atoms with Crippen LogP contribution in [0, 0.1) is 0 Å². The Morgan fingerprint density at radius 2 is 0.750 bits per heavy atom. The highest BCUT2D eigenvalue weighted by atomic mass is 16.7. The van der Waals surface area contributed by atoms with Gasteiger partial charge in [0.15, 0.2) is 11.5 Å². The number of aliphatic carboxylic acids is 1. The third-order valence-corrected chi connectivity index (χ3v) is 16.6. The van der Waals surface area contributed by atoms with Crippen LogP contribution in [-0.2, 0) is 47.5 Å². The highest BCUT2D eigenvalue weighted by Crippen LogP contribution is 2.44. The molecule has 5 aliphatic rings. The van der Waals surface area contributed by atoms with E-state index in [1.165, 1.54) is 48.5 Å². The van der Waals surface area contributed by atoms with Gasteiger partial charge in [-0.3, -0.25) is 9.59 Å². The number of aliphatic hydroxyl groups is 17. The number of esters is 3. The summed E-state index contributed by atoms with van der Waals surface area (Å²) in [6.07, 6.45) is -46.5. The average Bonchev–Trinajstić information content (AvgIpc) is 0.761. The van der Waals surface area contributed by atoms with Gasteiger partial charge in [0.05, 0.1) is 36.0 Å². The molecule has 5 fully saturated rings. The van der Waals surface area contributed by atoms with Crippen molar-refractivity contribution in [3.05, 3.63) is 96.1 Å². The second kappa shape index (κ2) is 31.8. The fourth-order valence-corrected chi connectivity index (χ4v) is 10.9. The second-order valence-electron chi connectivity index (χ2n) is 23.5. The molecule has 1 aromatic heterocycles. The van der Waals surface area contributed by atoms with E-state index in [0.29, 0.717) is 0 Å². The van der Waals surface area contributed by atoms with Gasteiger partial charge in [0.1, 0.15) is 177 Å². The lowest BCUT2D eigenvalue weighted by Crippen LogP contribution is -2.60. The van der Waals surface area contributed by atoms with Gasteiger partial charge in [0.25, 0.3) is 0 Å². The normalized spacial score (nSPS) is 34.5. The molecule has 38 heteroatoms. The van der Waals surface area contributed by atoms with Gasteiger partial charge in [-0.2, -0.15) is 0 Å². The summed E-state index contributed by atoms with van der Waals surface area (Å²) in [5.41, 5.74) is -0.780. The minimum Gasteiger partial charge on any atom is -0.507 e. The largest absolute Gasteiger partial charge is 0.507 e. The van der Waals surface area contributed by atoms with Crippen molar-refractivity contribution < 1.29 is 187 Å². The minimum atomic E-state index is -2.15. The molecule has 546 valence electrons. The van der Waals surface area contributed by atoms with Crippen LogP contribution in [0.1, 0.15) is 27.1 Å². The maximum Gasteiger partial charge on any atom is 0.402 e. The van der Waals surface area contributed by atoms with E-state index in [9.17, 15) is 116 Å². The van der Waals surface area contributed by atoms with Gasteiger partial charge in [-0.25, -0.2) is 14.0 Å². The van der Waals surface area contributed by atoms with Crippen molar-refractivity contribution in [1.29, 1.82) is 0 Å². The van der Waals surface area contributed by atoms with Gasteiger partial charge in [0, 0.05) is 18.2 Å². The summed E-state index contributed by atoms with van der Waals surface area (Å²) < 4.78 is 78.7. The zero-order valence-electron chi connectivity index (χ0n) is 51.6. The number of hydrogen-bond donors (Lipinski definition) is 20. The summed E-state index contributed by atoms with van der Waals surface area (Å²) >= 11 is 0. The molecule has 38 nitrogen and oxygen atoms in total. The van der Waals surface area contributed by atoms with Crippen molar-refractivity contribution in [3.8, 4) is 51.6 Å². The summed E-state index contributed by atoms with van der Waals surface area (Å²) in [5.74, 6) is -8.32. The third-order valence-electron chi connectivity index (χ3n) is 16.6. The lowest BCUT2D eigenvalue weighted by Gasteiger charge is -2.40. The smallest absolute Gasteiger partial charge is 0.402 e. The molecule has 12 unspecified atom stereocenters. The van der Waals surface area contributed by atoms with E-state index in [2.05, 4.69) is 0 Å². The molecule has 20 N–H and O–H groups in total. The molecule has 0 aliphatic carbocycles. The second-order valence-corrected chi connectivity index (χ2v) is 23.5. The van der Waals surface area contributed by atoms with Crippen LogP contribution in [0.4, 0.5) is 0 Å². The molecule has 0 spiro atoms. The molecule has 100 heavy (non-hydrogen) atoms. The molecule has 0 saturated carbocycles. The molecular formula is C62H71O38+.